The van der Waals surface area contributed by atoms with Gasteiger partial charge in [-0.1, -0.05) is 59.8 Å². The van der Waals surface area contributed by atoms with Crippen LogP contribution in [0.5, 0.6) is 5.75 Å². The maximum absolute atomic E-state index is 12.2. The third kappa shape index (κ3) is 3.49. The normalized spacial score (nSPS) is 16.1. The fourth-order valence-corrected chi connectivity index (χ4v) is 3.87. The third-order valence-electron chi connectivity index (χ3n) is 3.59. The summed E-state index contributed by atoms with van der Waals surface area (Å²) in [5.74, 6) is -0.947. The number of likely N-dealkylation sites (N-methyl/N-ethyl adjacent to an activating group) is 1. The lowest BCUT2D eigenvalue weighted by Gasteiger charge is -2.13. The maximum atomic E-state index is 12.2. The number of carbonyl (C=O) groups excluding carboxylic acids is 1. The molecule has 2 aromatic carbocycles. The Kier molecular flexibility index (Phi) is 4.99. The Bertz CT molecular complexity index is 942. The Balaban J connectivity index is 2.16. The molecule has 1 aliphatic rings. The summed E-state index contributed by atoms with van der Waals surface area (Å²) in [4.78, 5) is 25.0. The first-order valence-electron chi connectivity index (χ1n) is 7.16. The van der Waals surface area contributed by atoms with Gasteiger partial charge in [-0.05, 0) is 12.1 Å². The molecule has 0 atom stereocenters. The van der Waals surface area contributed by atoms with Crippen LogP contribution < -0.4 is 4.74 Å². The summed E-state index contributed by atoms with van der Waals surface area (Å²) >= 11 is 12.6. The van der Waals surface area contributed by atoms with Gasteiger partial charge >= 0.3 is 5.97 Å². The summed E-state index contributed by atoms with van der Waals surface area (Å²) in [6, 6.07) is 8.91. The van der Waals surface area contributed by atoms with E-state index in [0.717, 1.165) is 5.39 Å². The number of thioether (sulfide) groups is 1. The number of fused-ring (bicyclic) bond motifs is 1. The van der Waals surface area contributed by atoms with E-state index in [1.54, 1.807) is 25.3 Å². The van der Waals surface area contributed by atoms with E-state index >= 15 is 0 Å². The van der Waals surface area contributed by atoms with E-state index in [1.807, 2.05) is 18.2 Å². The van der Waals surface area contributed by atoms with Crippen molar-refractivity contribution in [2.24, 2.45) is 0 Å². The highest BCUT2D eigenvalue weighted by molar-refractivity contribution is 8.26. The van der Waals surface area contributed by atoms with Gasteiger partial charge in [0.2, 0.25) is 0 Å². The van der Waals surface area contributed by atoms with E-state index in [4.69, 9.17) is 33.7 Å². The molecule has 0 spiro atoms. The summed E-state index contributed by atoms with van der Waals surface area (Å²) in [7, 11) is 1.60. The number of hydrogen-bond acceptors (Lipinski definition) is 5. The van der Waals surface area contributed by atoms with E-state index in [9.17, 15) is 9.59 Å². The van der Waals surface area contributed by atoms with Crippen molar-refractivity contribution in [3.05, 3.63) is 45.8 Å². The van der Waals surface area contributed by atoms with Crippen molar-refractivity contribution in [1.29, 1.82) is 0 Å². The zero-order chi connectivity index (χ0) is 18.1. The standard InChI is InChI=1S/C17H12ClNO4S2/c1-19-16(22)13(25-17(19)24)7-9-6-12(18)10-4-2-3-5-11(10)15(9)23-8-14(20)21/h2-7H,8H2,1H3,(H,20,21). The van der Waals surface area contributed by atoms with Crippen molar-refractivity contribution >= 4 is 68.6 Å². The summed E-state index contributed by atoms with van der Waals surface area (Å²) in [6.45, 7) is -0.499. The molecule has 0 aliphatic carbocycles. The molecule has 128 valence electrons. The lowest BCUT2D eigenvalue weighted by molar-refractivity contribution is -0.139. The van der Waals surface area contributed by atoms with Crippen molar-refractivity contribution in [2.75, 3.05) is 13.7 Å². The van der Waals surface area contributed by atoms with Crippen LogP contribution in [0.3, 0.4) is 0 Å². The van der Waals surface area contributed by atoms with Crippen LogP contribution in [-0.4, -0.2) is 39.9 Å². The molecular weight excluding hydrogens is 382 g/mol. The molecule has 1 saturated heterocycles. The average Bonchev–Trinajstić information content (AvgIpc) is 2.81. The van der Waals surface area contributed by atoms with Crippen molar-refractivity contribution in [1.82, 2.24) is 4.90 Å². The van der Waals surface area contributed by atoms with Gasteiger partial charge in [0.1, 0.15) is 10.1 Å². The van der Waals surface area contributed by atoms with Gasteiger partial charge < -0.3 is 9.84 Å². The lowest BCUT2D eigenvalue weighted by Crippen LogP contribution is -2.22. The molecule has 0 aromatic heterocycles. The number of nitrogens with zero attached hydrogens (tertiary/aromatic N) is 1. The Morgan fingerprint density at radius 2 is 2.08 bits per heavy atom. The maximum Gasteiger partial charge on any atom is 0.341 e. The first kappa shape index (κ1) is 17.7. The van der Waals surface area contributed by atoms with E-state index in [2.05, 4.69) is 0 Å². The molecule has 2 aromatic rings. The molecular formula is C17H12ClNO4S2. The molecule has 1 fully saturated rings. The van der Waals surface area contributed by atoms with Crippen LogP contribution in [0.25, 0.3) is 16.8 Å². The molecule has 5 nitrogen and oxygen atoms in total. The number of benzene rings is 2. The Hall–Kier alpha value is -2.09. The van der Waals surface area contributed by atoms with Crippen molar-refractivity contribution in [3.8, 4) is 5.75 Å². The van der Waals surface area contributed by atoms with Gasteiger partial charge in [-0.15, -0.1) is 0 Å². The van der Waals surface area contributed by atoms with Gasteiger partial charge in [-0.2, -0.15) is 0 Å². The van der Waals surface area contributed by atoms with Gasteiger partial charge in [-0.25, -0.2) is 4.79 Å². The summed E-state index contributed by atoms with van der Waals surface area (Å²) < 4.78 is 5.95. The van der Waals surface area contributed by atoms with E-state index in [0.29, 0.717) is 30.9 Å². The molecule has 1 heterocycles. The monoisotopic (exact) mass is 393 g/mol. The smallest absolute Gasteiger partial charge is 0.341 e. The fourth-order valence-electron chi connectivity index (χ4n) is 2.41. The number of aliphatic carboxylic acids is 1. The topological polar surface area (TPSA) is 66.8 Å². The number of carbonyl (C=O) groups is 2. The van der Waals surface area contributed by atoms with Crippen LogP contribution in [0.1, 0.15) is 5.56 Å². The van der Waals surface area contributed by atoms with Gasteiger partial charge in [0.25, 0.3) is 5.91 Å². The predicted molar refractivity (Wildman–Crippen MR) is 103 cm³/mol. The summed E-state index contributed by atoms with van der Waals surface area (Å²) in [5, 5.41) is 10.8. The lowest BCUT2D eigenvalue weighted by atomic mass is 10.0. The zero-order valence-electron chi connectivity index (χ0n) is 13.0. The zero-order valence-corrected chi connectivity index (χ0v) is 15.4. The second-order valence-corrected chi connectivity index (χ2v) is 7.33. The van der Waals surface area contributed by atoms with Crippen LogP contribution in [0, 0.1) is 0 Å². The number of halogens is 1. The first-order chi connectivity index (χ1) is 11.9. The quantitative estimate of drug-likeness (QED) is 0.629. The number of rotatable bonds is 4. The second-order valence-electron chi connectivity index (χ2n) is 5.25. The minimum Gasteiger partial charge on any atom is -0.481 e. The number of carboxylic acid groups (broad SMARTS) is 1. The van der Waals surface area contributed by atoms with Crippen LogP contribution >= 0.6 is 35.6 Å². The highest BCUT2D eigenvalue weighted by Gasteiger charge is 2.29. The van der Waals surface area contributed by atoms with E-state index < -0.39 is 12.6 Å². The molecule has 0 unspecified atom stereocenters. The van der Waals surface area contributed by atoms with Gasteiger partial charge in [0, 0.05) is 28.4 Å². The van der Waals surface area contributed by atoms with Crippen LogP contribution in [0.2, 0.25) is 5.02 Å². The predicted octanol–water partition coefficient (Wildman–Crippen LogP) is 3.79. The summed E-state index contributed by atoms with van der Waals surface area (Å²) in [6.07, 6.45) is 1.62. The second kappa shape index (κ2) is 7.03. The van der Waals surface area contributed by atoms with Crippen LogP contribution in [0.15, 0.2) is 35.2 Å². The minimum atomic E-state index is -1.09. The number of amides is 1. The van der Waals surface area contributed by atoms with Gasteiger partial charge in [0.15, 0.2) is 6.61 Å². The van der Waals surface area contributed by atoms with Crippen molar-refractivity contribution in [2.45, 2.75) is 0 Å². The molecule has 0 saturated carbocycles. The van der Waals surface area contributed by atoms with Gasteiger partial charge in [0.05, 0.1) is 4.91 Å². The van der Waals surface area contributed by atoms with E-state index in [1.165, 1.54) is 16.7 Å². The molecule has 0 bridgehead atoms. The van der Waals surface area contributed by atoms with Crippen LogP contribution in [0.4, 0.5) is 0 Å². The SMILES string of the molecule is CN1C(=O)C(=Cc2cc(Cl)c3ccccc3c2OCC(=O)O)SC1=S. The fraction of sp³-hybridized carbons (Fsp3) is 0.118. The number of carboxylic acids is 1. The number of ether oxygens (including phenoxy) is 1. The molecule has 25 heavy (non-hydrogen) atoms. The Labute approximate surface area is 158 Å². The van der Waals surface area contributed by atoms with Crippen molar-refractivity contribution in [3.63, 3.8) is 0 Å². The molecule has 1 aliphatic heterocycles. The number of hydrogen-bond donors (Lipinski definition) is 1. The summed E-state index contributed by atoms with van der Waals surface area (Å²) in [5.41, 5.74) is 0.527. The first-order valence-corrected chi connectivity index (χ1v) is 8.76. The molecule has 0 radical (unpaired) electrons. The Morgan fingerprint density at radius 1 is 1.40 bits per heavy atom. The number of thiocarbonyl (C=S) groups is 1. The molecule has 8 heteroatoms. The molecule has 1 N–H and O–H groups in total. The average molecular weight is 394 g/mol. The third-order valence-corrected chi connectivity index (χ3v) is 5.38. The minimum absolute atomic E-state index is 0.219. The van der Waals surface area contributed by atoms with E-state index in [-0.39, 0.29) is 5.91 Å². The largest absolute Gasteiger partial charge is 0.481 e. The molecule has 3 rings (SSSR count). The van der Waals surface area contributed by atoms with Crippen molar-refractivity contribution < 1.29 is 19.4 Å². The Morgan fingerprint density at radius 3 is 2.68 bits per heavy atom. The van der Waals surface area contributed by atoms with Crippen LogP contribution in [-0.2, 0) is 9.59 Å². The molecule has 1 amide bonds. The van der Waals surface area contributed by atoms with Gasteiger partial charge in [-0.3, -0.25) is 9.69 Å². The highest BCUT2D eigenvalue weighted by Crippen LogP contribution is 2.39. The highest BCUT2D eigenvalue weighted by atomic mass is 35.5.